The zero-order chi connectivity index (χ0) is 13.1. The fraction of sp³-hybridized carbons (Fsp3) is 0.0667. The van der Waals surface area contributed by atoms with Gasteiger partial charge in [-0.1, -0.05) is 18.2 Å². The highest BCUT2D eigenvalue weighted by Gasteiger charge is 2.06. The van der Waals surface area contributed by atoms with E-state index in [1.165, 1.54) is 0 Å². The number of para-hydroxylation sites is 1. The molecule has 2 heterocycles. The minimum atomic E-state index is -0.00173. The van der Waals surface area contributed by atoms with Crippen LogP contribution in [0.15, 0.2) is 61.1 Å². The van der Waals surface area contributed by atoms with Crippen LogP contribution >= 0.6 is 0 Å². The fourth-order valence-electron chi connectivity index (χ4n) is 1.99. The number of nitrogens with zero attached hydrogens (tertiary/aromatic N) is 3. The number of hydrogen-bond acceptors (Lipinski definition) is 3. The molecule has 94 valence electrons. The lowest BCUT2D eigenvalue weighted by molar-refractivity contribution is 0.281. The van der Waals surface area contributed by atoms with Gasteiger partial charge < -0.3 is 5.11 Å². The maximum Gasteiger partial charge on any atom is 0.0943 e. The van der Waals surface area contributed by atoms with Gasteiger partial charge in [-0.25, -0.2) is 4.68 Å². The third-order valence-electron chi connectivity index (χ3n) is 2.96. The fourth-order valence-corrected chi connectivity index (χ4v) is 1.99. The van der Waals surface area contributed by atoms with E-state index in [4.69, 9.17) is 0 Å². The Labute approximate surface area is 111 Å². The Kier molecular flexibility index (Phi) is 3.08. The van der Waals surface area contributed by atoms with Gasteiger partial charge in [-0.2, -0.15) is 5.10 Å². The monoisotopic (exact) mass is 251 g/mol. The molecule has 0 aliphatic rings. The van der Waals surface area contributed by atoms with Crippen LogP contribution in [0.2, 0.25) is 0 Å². The van der Waals surface area contributed by atoms with E-state index in [0.717, 1.165) is 22.5 Å². The number of hydrogen-bond donors (Lipinski definition) is 1. The van der Waals surface area contributed by atoms with Crippen molar-refractivity contribution in [1.82, 2.24) is 14.8 Å². The summed E-state index contributed by atoms with van der Waals surface area (Å²) in [7, 11) is 0. The first kappa shape index (κ1) is 11.6. The van der Waals surface area contributed by atoms with Crippen molar-refractivity contribution in [3.63, 3.8) is 0 Å². The number of rotatable bonds is 3. The highest BCUT2D eigenvalue weighted by Crippen LogP contribution is 2.19. The van der Waals surface area contributed by atoms with Crippen LogP contribution in [0.1, 0.15) is 5.56 Å². The maximum atomic E-state index is 9.35. The molecular weight excluding hydrogens is 238 g/mol. The van der Waals surface area contributed by atoms with Crippen LogP contribution in [0, 0.1) is 0 Å². The predicted molar refractivity (Wildman–Crippen MR) is 72.7 cm³/mol. The van der Waals surface area contributed by atoms with Crippen LogP contribution in [0.3, 0.4) is 0 Å². The Bertz CT molecular complexity index is 677. The molecule has 0 atom stereocenters. The Balaban J connectivity index is 2.02. The Hall–Kier alpha value is -2.46. The standard InChI is InChI=1S/C15H13N3O/c19-11-13-4-1-2-6-15(13)18-9-7-14(17-18)12-5-3-8-16-10-12/h1-10,19H,11H2. The molecule has 0 radical (unpaired) electrons. The van der Waals surface area contributed by atoms with Crippen LogP contribution in [0.5, 0.6) is 0 Å². The number of pyridine rings is 1. The second kappa shape index (κ2) is 5.04. The highest BCUT2D eigenvalue weighted by atomic mass is 16.3. The second-order valence-corrected chi connectivity index (χ2v) is 4.17. The molecule has 0 aliphatic heterocycles. The smallest absolute Gasteiger partial charge is 0.0943 e. The second-order valence-electron chi connectivity index (χ2n) is 4.17. The Morgan fingerprint density at radius 3 is 2.74 bits per heavy atom. The van der Waals surface area contributed by atoms with Crippen molar-refractivity contribution in [3.8, 4) is 16.9 Å². The quantitative estimate of drug-likeness (QED) is 0.777. The van der Waals surface area contributed by atoms with Crippen LogP contribution in [0.4, 0.5) is 0 Å². The lowest BCUT2D eigenvalue weighted by Crippen LogP contribution is -2.00. The molecule has 2 aromatic heterocycles. The van der Waals surface area contributed by atoms with Gasteiger partial charge in [0.15, 0.2) is 0 Å². The molecule has 0 fully saturated rings. The van der Waals surface area contributed by atoms with Gasteiger partial charge in [0.25, 0.3) is 0 Å². The third kappa shape index (κ3) is 2.26. The van der Waals surface area contributed by atoms with E-state index in [-0.39, 0.29) is 6.61 Å². The lowest BCUT2D eigenvalue weighted by Gasteiger charge is -2.06. The minimum absolute atomic E-state index is 0.00173. The normalized spacial score (nSPS) is 10.6. The summed E-state index contributed by atoms with van der Waals surface area (Å²) >= 11 is 0. The van der Waals surface area contributed by atoms with E-state index < -0.39 is 0 Å². The topological polar surface area (TPSA) is 50.9 Å². The zero-order valence-electron chi connectivity index (χ0n) is 10.3. The highest BCUT2D eigenvalue weighted by molar-refractivity contribution is 5.57. The molecule has 0 aliphatic carbocycles. The predicted octanol–water partition coefficient (Wildman–Crippen LogP) is 2.43. The van der Waals surface area contributed by atoms with Gasteiger partial charge in [0, 0.05) is 29.7 Å². The zero-order valence-corrected chi connectivity index (χ0v) is 10.3. The molecule has 19 heavy (non-hydrogen) atoms. The molecule has 0 saturated carbocycles. The summed E-state index contributed by atoms with van der Waals surface area (Å²) in [6.07, 6.45) is 5.41. The number of aliphatic hydroxyl groups is 1. The van der Waals surface area contributed by atoms with Crippen molar-refractivity contribution >= 4 is 0 Å². The molecule has 0 unspecified atom stereocenters. The first-order valence-electron chi connectivity index (χ1n) is 6.03. The lowest BCUT2D eigenvalue weighted by atomic mass is 10.2. The van der Waals surface area contributed by atoms with E-state index in [1.807, 2.05) is 48.7 Å². The van der Waals surface area contributed by atoms with Gasteiger partial charge >= 0.3 is 0 Å². The van der Waals surface area contributed by atoms with Gasteiger partial charge in [0.2, 0.25) is 0 Å². The molecule has 0 saturated heterocycles. The first-order chi connectivity index (χ1) is 9.38. The van der Waals surface area contributed by atoms with Gasteiger partial charge in [0.1, 0.15) is 0 Å². The molecule has 3 rings (SSSR count). The first-order valence-corrected chi connectivity index (χ1v) is 6.03. The van der Waals surface area contributed by atoms with E-state index >= 15 is 0 Å². The summed E-state index contributed by atoms with van der Waals surface area (Å²) in [5.41, 5.74) is 3.58. The number of aliphatic hydroxyl groups excluding tert-OH is 1. The summed E-state index contributed by atoms with van der Waals surface area (Å²) in [5, 5.41) is 13.9. The van der Waals surface area contributed by atoms with Crippen molar-refractivity contribution in [2.24, 2.45) is 0 Å². The van der Waals surface area contributed by atoms with Crippen molar-refractivity contribution in [1.29, 1.82) is 0 Å². The van der Waals surface area contributed by atoms with Crippen LogP contribution in [-0.4, -0.2) is 19.9 Å². The molecule has 0 bridgehead atoms. The van der Waals surface area contributed by atoms with E-state index in [2.05, 4.69) is 10.1 Å². The van der Waals surface area contributed by atoms with Gasteiger partial charge in [-0.3, -0.25) is 4.98 Å². The molecule has 1 aromatic carbocycles. The average molecular weight is 251 g/mol. The minimum Gasteiger partial charge on any atom is -0.392 e. The van der Waals surface area contributed by atoms with Crippen LogP contribution < -0.4 is 0 Å². The molecule has 0 amide bonds. The largest absolute Gasteiger partial charge is 0.392 e. The summed E-state index contributed by atoms with van der Waals surface area (Å²) in [4.78, 5) is 4.09. The molecule has 1 N–H and O–H groups in total. The SMILES string of the molecule is OCc1ccccc1-n1ccc(-c2cccnc2)n1. The Morgan fingerprint density at radius 1 is 1.05 bits per heavy atom. The van der Waals surface area contributed by atoms with Crippen LogP contribution in [-0.2, 0) is 6.61 Å². The van der Waals surface area contributed by atoms with Gasteiger partial charge in [-0.15, -0.1) is 0 Å². The van der Waals surface area contributed by atoms with Crippen molar-refractivity contribution in [2.45, 2.75) is 6.61 Å². The van der Waals surface area contributed by atoms with Crippen molar-refractivity contribution in [3.05, 3.63) is 66.6 Å². The number of aromatic nitrogens is 3. The van der Waals surface area contributed by atoms with E-state index in [1.54, 1.807) is 17.1 Å². The van der Waals surface area contributed by atoms with Crippen molar-refractivity contribution < 1.29 is 5.11 Å². The maximum absolute atomic E-state index is 9.35. The van der Waals surface area contributed by atoms with E-state index in [9.17, 15) is 5.11 Å². The third-order valence-corrected chi connectivity index (χ3v) is 2.96. The van der Waals surface area contributed by atoms with E-state index in [0.29, 0.717) is 0 Å². The summed E-state index contributed by atoms with van der Waals surface area (Å²) in [6.45, 7) is -0.00173. The summed E-state index contributed by atoms with van der Waals surface area (Å²) in [6, 6.07) is 13.5. The molecule has 3 aromatic rings. The molecule has 4 heteroatoms. The number of benzene rings is 1. The van der Waals surface area contributed by atoms with Crippen molar-refractivity contribution in [2.75, 3.05) is 0 Å². The molecule has 4 nitrogen and oxygen atoms in total. The molecule has 0 spiro atoms. The molecular formula is C15H13N3O. The summed E-state index contributed by atoms with van der Waals surface area (Å²) < 4.78 is 1.77. The van der Waals surface area contributed by atoms with Gasteiger partial charge in [0.05, 0.1) is 18.0 Å². The Morgan fingerprint density at radius 2 is 1.95 bits per heavy atom. The average Bonchev–Trinajstić information content (AvgIpc) is 2.98. The van der Waals surface area contributed by atoms with Crippen LogP contribution in [0.25, 0.3) is 16.9 Å². The summed E-state index contributed by atoms with van der Waals surface area (Å²) in [5.74, 6) is 0. The van der Waals surface area contributed by atoms with Gasteiger partial charge in [-0.05, 0) is 24.3 Å².